The summed E-state index contributed by atoms with van der Waals surface area (Å²) in [5.41, 5.74) is 3.99. The van der Waals surface area contributed by atoms with E-state index in [1.54, 1.807) is 7.05 Å². The van der Waals surface area contributed by atoms with Crippen LogP contribution in [0.15, 0.2) is 47.5 Å². The van der Waals surface area contributed by atoms with Gasteiger partial charge in [-0.25, -0.2) is 0 Å². The Labute approximate surface area is 213 Å². The molecular formula is C25H35IN4O3. The Bertz CT molecular complexity index is 912. The number of carbonyl (C=O) groups is 1. The second-order valence-electron chi connectivity index (χ2n) is 7.99. The number of halogens is 1. The molecule has 0 aromatic heterocycles. The fourth-order valence-corrected chi connectivity index (χ4v) is 3.49. The van der Waals surface area contributed by atoms with Crippen LogP contribution in [0.5, 0.6) is 5.75 Å². The third-order valence-corrected chi connectivity index (χ3v) is 5.40. The lowest BCUT2D eigenvalue weighted by Crippen LogP contribution is -2.36. The van der Waals surface area contributed by atoms with Crippen LogP contribution in [0.1, 0.15) is 40.4 Å². The number of aliphatic imine (C=N–C) groups is 1. The first-order valence-electron chi connectivity index (χ1n) is 11.2. The number of benzene rings is 2. The highest BCUT2D eigenvalue weighted by molar-refractivity contribution is 14.0. The van der Waals surface area contributed by atoms with E-state index in [4.69, 9.17) is 9.47 Å². The first-order valence-corrected chi connectivity index (χ1v) is 11.2. The summed E-state index contributed by atoms with van der Waals surface area (Å²) >= 11 is 0. The van der Waals surface area contributed by atoms with Crippen molar-refractivity contribution in [2.45, 2.75) is 33.4 Å². The van der Waals surface area contributed by atoms with Gasteiger partial charge in [-0.15, -0.1) is 24.0 Å². The molecule has 1 heterocycles. The largest absolute Gasteiger partial charge is 0.493 e. The Morgan fingerprint density at radius 3 is 2.55 bits per heavy atom. The first-order chi connectivity index (χ1) is 15.6. The van der Waals surface area contributed by atoms with Crippen molar-refractivity contribution in [3.63, 3.8) is 0 Å². The molecule has 1 fully saturated rings. The standard InChI is InChI=1S/C25H34N4O3.HI/c1-4-27-24(30)21-9-6-19(7-10-21)14-28-25(26-3)29-15-22-8-5-18(2)13-23(22)32-17-20-11-12-31-16-20;/h5-10,13,20H,4,11-12,14-17H2,1-3H3,(H,27,30)(H2,26,28,29);1H. The van der Waals surface area contributed by atoms with Gasteiger partial charge in [-0.05, 0) is 49.6 Å². The van der Waals surface area contributed by atoms with Crippen molar-refractivity contribution < 1.29 is 14.3 Å². The highest BCUT2D eigenvalue weighted by atomic mass is 127. The van der Waals surface area contributed by atoms with Gasteiger partial charge < -0.3 is 25.4 Å². The van der Waals surface area contributed by atoms with Gasteiger partial charge in [0.15, 0.2) is 5.96 Å². The van der Waals surface area contributed by atoms with E-state index in [1.807, 2.05) is 31.2 Å². The Balaban J connectivity index is 0.00000385. The van der Waals surface area contributed by atoms with Crippen molar-refractivity contribution in [3.05, 3.63) is 64.7 Å². The second kappa shape index (κ2) is 14.0. The molecule has 0 spiro atoms. The minimum Gasteiger partial charge on any atom is -0.493 e. The van der Waals surface area contributed by atoms with Crippen molar-refractivity contribution >= 4 is 35.8 Å². The van der Waals surface area contributed by atoms with Gasteiger partial charge in [-0.3, -0.25) is 9.79 Å². The summed E-state index contributed by atoms with van der Waals surface area (Å²) in [4.78, 5) is 16.2. The van der Waals surface area contributed by atoms with Crippen molar-refractivity contribution in [2.75, 3.05) is 33.4 Å². The molecule has 1 saturated heterocycles. The number of carbonyl (C=O) groups excluding carboxylic acids is 1. The molecule has 1 aliphatic rings. The summed E-state index contributed by atoms with van der Waals surface area (Å²) in [7, 11) is 1.75. The molecule has 1 aliphatic heterocycles. The molecule has 1 amide bonds. The summed E-state index contributed by atoms with van der Waals surface area (Å²) in [6.07, 6.45) is 1.06. The van der Waals surface area contributed by atoms with Crippen LogP contribution < -0.4 is 20.7 Å². The molecule has 7 nitrogen and oxygen atoms in total. The lowest BCUT2D eigenvalue weighted by molar-refractivity contribution is 0.0956. The molecule has 2 aromatic carbocycles. The van der Waals surface area contributed by atoms with Crippen molar-refractivity contribution in [1.29, 1.82) is 0 Å². The molecule has 3 rings (SSSR count). The summed E-state index contributed by atoms with van der Waals surface area (Å²) in [5.74, 6) is 2.01. The van der Waals surface area contributed by atoms with Gasteiger partial charge >= 0.3 is 0 Å². The lowest BCUT2D eigenvalue weighted by atomic mass is 10.1. The normalized spacial score (nSPS) is 15.5. The van der Waals surface area contributed by atoms with Crippen LogP contribution in [-0.2, 0) is 17.8 Å². The minimum absolute atomic E-state index is 0. The van der Waals surface area contributed by atoms with Gasteiger partial charge in [0.05, 0.1) is 13.2 Å². The van der Waals surface area contributed by atoms with Crippen LogP contribution in [0.25, 0.3) is 0 Å². The third-order valence-electron chi connectivity index (χ3n) is 5.40. The van der Waals surface area contributed by atoms with Gasteiger partial charge in [0.2, 0.25) is 0 Å². The van der Waals surface area contributed by atoms with Crippen LogP contribution in [-0.4, -0.2) is 45.3 Å². The van der Waals surface area contributed by atoms with E-state index < -0.39 is 0 Å². The number of hydrogen-bond acceptors (Lipinski definition) is 4. The number of ether oxygens (including phenoxy) is 2. The van der Waals surface area contributed by atoms with E-state index in [0.717, 1.165) is 36.5 Å². The van der Waals surface area contributed by atoms with Gasteiger partial charge in [-0.2, -0.15) is 0 Å². The van der Waals surface area contributed by atoms with E-state index in [-0.39, 0.29) is 29.9 Å². The molecule has 8 heteroatoms. The molecule has 0 bridgehead atoms. The van der Waals surface area contributed by atoms with Gasteiger partial charge in [0.25, 0.3) is 5.91 Å². The van der Waals surface area contributed by atoms with Crippen LogP contribution >= 0.6 is 24.0 Å². The highest BCUT2D eigenvalue weighted by Crippen LogP contribution is 2.22. The fourth-order valence-electron chi connectivity index (χ4n) is 3.49. The number of rotatable bonds is 9. The zero-order valence-corrected chi connectivity index (χ0v) is 22.0. The third kappa shape index (κ3) is 8.51. The van der Waals surface area contributed by atoms with Crippen LogP contribution in [0.2, 0.25) is 0 Å². The number of aryl methyl sites for hydroxylation is 1. The summed E-state index contributed by atoms with van der Waals surface area (Å²) in [6.45, 7) is 8.09. The predicted octanol–water partition coefficient (Wildman–Crippen LogP) is 3.64. The fraction of sp³-hybridized carbons (Fsp3) is 0.440. The zero-order valence-electron chi connectivity index (χ0n) is 19.6. The maximum Gasteiger partial charge on any atom is 0.251 e. The number of nitrogens with one attached hydrogen (secondary N) is 3. The average molecular weight is 566 g/mol. The molecule has 33 heavy (non-hydrogen) atoms. The summed E-state index contributed by atoms with van der Waals surface area (Å²) < 4.78 is 11.6. The summed E-state index contributed by atoms with van der Waals surface area (Å²) in [5, 5.41) is 9.48. The molecular weight excluding hydrogens is 531 g/mol. The van der Waals surface area contributed by atoms with Gasteiger partial charge in [-0.1, -0.05) is 24.3 Å². The zero-order chi connectivity index (χ0) is 22.8. The lowest BCUT2D eigenvalue weighted by Gasteiger charge is -2.17. The Kier molecular flexibility index (Phi) is 11.5. The smallest absolute Gasteiger partial charge is 0.251 e. The van der Waals surface area contributed by atoms with Crippen LogP contribution in [0, 0.1) is 12.8 Å². The van der Waals surface area contributed by atoms with Crippen molar-refractivity contribution in [1.82, 2.24) is 16.0 Å². The number of nitrogens with zero attached hydrogens (tertiary/aromatic N) is 1. The van der Waals surface area contributed by atoms with Gasteiger partial charge in [0, 0.05) is 50.3 Å². The first kappa shape index (κ1) is 26.9. The van der Waals surface area contributed by atoms with E-state index in [2.05, 4.69) is 46.1 Å². The van der Waals surface area contributed by atoms with Crippen molar-refractivity contribution in [2.24, 2.45) is 10.9 Å². The highest BCUT2D eigenvalue weighted by Gasteiger charge is 2.17. The van der Waals surface area contributed by atoms with E-state index >= 15 is 0 Å². The molecule has 0 radical (unpaired) electrons. The topological polar surface area (TPSA) is 84.0 Å². The molecule has 3 N–H and O–H groups in total. The Morgan fingerprint density at radius 1 is 1.12 bits per heavy atom. The number of amides is 1. The molecule has 1 atom stereocenters. The second-order valence-corrected chi connectivity index (χ2v) is 7.99. The Morgan fingerprint density at radius 2 is 1.88 bits per heavy atom. The van der Waals surface area contributed by atoms with Crippen LogP contribution in [0.3, 0.4) is 0 Å². The SMILES string of the molecule is CCNC(=O)c1ccc(CNC(=NC)NCc2ccc(C)cc2OCC2CCOC2)cc1.I. The van der Waals surface area contributed by atoms with E-state index in [0.29, 0.717) is 43.7 Å². The maximum atomic E-state index is 11.9. The average Bonchev–Trinajstić information content (AvgIpc) is 3.33. The van der Waals surface area contributed by atoms with Gasteiger partial charge in [0.1, 0.15) is 5.75 Å². The Hall–Kier alpha value is -2.33. The van der Waals surface area contributed by atoms with Crippen LogP contribution in [0.4, 0.5) is 0 Å². The quantitative estimate of drug-likeness (QED) is 0.245. The molecule has 180 valence electrons. The molecule has 0 saturated carbocycles. The summed E-state index contributed by atoms with van der Waals surface area (Å²) in [6, 6.07) is 13.8. The van der Waals surface area contributed by atoms with Crippen molar-refractivity contribution in [3.8, 4) is 5.75 Å². The molecule has 0 aliphatic carbocycles. The minimum atomic E-state index is -0.0546. The maximum absolute atomic E-state index is 11.9. The molecule has 2 aromatic rings. The monoisotopic (exact) mass is 566 g/mol. The number of guanidine groups is 1. The number of hydrogen-bond donors (Lipinski definition) is 3. The van der Waals surface area contributed by atoms with E-state index in [1.165, 1.54) is 5.56 Å². The predicted molar refractivity (Wildman–Crippen MR) is 143 cm³/mol. The van der Waals surface area contributed by atoms with E-state index in [9.17, 15) is 4.79 Å². The molecule has 1 unspecified atom stereocenters.